The van der Waals surface area contributed by atoms with E-state index < -0.39 is 22.0 Å². The molecule has 1 saturated heterocycles. The van der Waals surface area contributed by atoms with E-state index in [0.717, 1.165) is 11.8 Å². The van der Waals surface area contributed by atoms with Crippen molar-refractivity contribution in [1.29, 1.82) is 0 Å². The minimum Gasteiger partial charge on any atom is -0.492 e. The first-order chi connectivity index (χ1) is 12.8. The molecule has 1 aliphatic rings. The SMILES string of the molecule is COC(=O)[C@@H]1CCCN1S(=O)(=O)c1ccc(C)cc1OCC[C@@H](C)CC=O. The molecule has 0 amide bonds. The van der Waals surface area contributed by atoms with E-state index in [1.807, 2.05) is 13.8 Å². The number of benzene rings is 1. The summed E-state index contributed by atoms with van der Waals surface area (Å²) in [6.45, 7) is 4.37. The highest BCUT2D eigenvalue weighted by molar-refractivity contribution is 7.89. The van der Waals surface area contributed by atoms with Crippen LogP contribution in [0.2, 0.25) is 0 Å². The van der Waals surface area contributed by atoms with Crippen LogP contribution in [0, 0.1) is 12.8 Å². The molecule has 0 bridgehead atoms. The molecule has 2 rings (SSSR count). The average Bonchev–Trinajstić information content (AvgIpc) is 3.12. The topological polar surface area (TPSA) is 90.0 Å². The van der Waals surface area contributed by atoms with Crippen molar-refractivity contribution in [2.24, 2.45) is 5.92 Å². The minimum atomic E-state index is -3.90. The lowest BCUT2D eigenvalue weighted by atomic mass is 10.1. The number of nitrogens with zero attached hydrogens (tertiary/aromatic N) is 1. The standard InChI is InChI=1S/C19H27NO6S/c1-14(8-11-21)9-12-26-17-13-15(2)6-7-18(17)27(23,24)20-10-4-5-16(20)19(22)25-3/h6-7,11,13-14,16H,4-5,8-10,12H2,1-3H3/t14-,16-/m0/s1. The summed E-state index contributed by atoms with van der Waals surface area (Å²) in [5.74, 6) is -0.119. The van der Waals surface area contributed by atoms with E-state index >= 15 is 0 Å². The molecule has 0 saturated carbocycles. The molecule has 0 aromatic heterocycles. The van der Waals surface area contributed by atoms with Crippen LogP contribution in [0.15, 0.2) is 23.1 Å². The van der Waals surface area contributed by atoms with E-state index in [4.69, 9.17) is 9.47 Å². The summed E-state index contributed by atoms with van der Waals surface area (Å²) in [5.41, 5.74) is 0.871. The molecular formula is C19H27NO6S. The number of hydrogen-bond acceptors (Lipinski definition) is 6. The van der Waals surface area contributed by atoms with Gasteiger partial charge in [0.05, 0.1) is 13.7 Å². The van der Waals surface area contributed by atoms with Crippen molar-refractivity contribution in [2.45, 2.75) is 50.5 Å². The minimum absolute atomic E-state index is 0.0481. The summed E-state index contributed by atoms with van der Waals surface area (Å²) in [4.78, 5) is 22.6. The molecule has 0 radical (unpaired) electrons. The van der Waals surface area contributed by atoms with Crippen molar-refractivity contribution < 1.29 is 27.5 Å². The molecule has 1 aromatic rings. The molecule has 0 spiro atoms. The molecule has 7 nitrogen and oxygen atoms in total. The van der Waals surface area contributed by atoms with Gasteiger partial charge in [0.25, 0.3) is 0 Å². The molecule has 2 atom stereocenters. The van der Waals surface area contributed by atoms with Gasteiger partial charge in [0.1, 0.15) is 23.0 Å². The third-order valence-corrected chi connectivity index (χ3v) is 6.68. The molecular weight excluding hydrogens is 370 g/mol. The number of methoxy groups -OCH3 is 1. The van der Waals surface area contributed by atoms with E-state index in [9.17, 15) is 18.0 Å². The van der Waals surface area contributed by atoms with Crippen LogP contribution in [-0.4, -0.2) is 51.3 Å². The van der Waals surface area contributed by atoms with Crippen LogP contribution < -0.4 is 4.74 Å². The number of carbonyl (C=O) groups excluding carboxylic acids is 2. The molecule has 0 aliphatic carbocycles. The van der Waals surface area contributed by atoms with Crippen LogP contribution in [0.3, 0.4) is 0 Å². The van der Waals surface area contributed by atoms with Gasteiger partial charge in [0.2, 0.25) is 10.0 Å². The Morgan fingerprint density at radius 3 is 2.81 bits per heavy atom. The van der Waals surface area contributed by atoms with Gasteiger partial charge in [-0.15, -0.1) is 0 Å². The van der Waals surface area contributed by atoms with Gasteiger partial charge in [0, 0.05) is 13.0 Å². The van der Waals surface area contributed by atoms with E-state index in [0.29, 0.717) is 32.3 Å². The molecule has 1 aliphatic heterocycles. The Bertz CT molecular complexity index is 776. The lowest BCUT2D eigenvalue weighted by Crippen LogP contribution is -2.41. The Balaban J connectivity index is 2.25. The number of hydrogen-bond donors (Lipinski definition) is 0. The summed E-state index contributed by atoms with van der Waals surface area (Å²) in [5, 5.41) is 0. The second-order valence-corrected chi connectivity index (χ2v) is 8.75. The lowest BCUT2D eigenvalue weighted by molar-refractivity contribution is -0.144. The predicted octanol–water partition coefficient (Wildman–Crippen LogP) is 2.32. The van der Waals surface area contributed by atoms with Crippen molar-refractivity contribution in [2.75, 3.05) is 20.3 Å². The zero-order chi connectivity index (χ0) is 20.0. The molecule has 0 N–H and O–H groups in total. The number of ether oxygens (including phenoxy) is 2. The first-order valence-electron chi connectivity index (χ1n) is 9.08. The fourth-order valence-corrected chi connectivity index (χ4v) is 4.88. The van der Waals surface area contributed by atoms with Crippen LogP contribution >= 0.6 is 0 Å². The maximum atomic E-state index is 13.2. The molecule has 0 unspecified atom stereocenters. The number of rotatable bonds is 9. The van der Waals surface area contributed by atoms with Gasteiger partial charge in [-0.2, -0.15) is 4.31 Å². The third kappa shape index (κ3) is 5.07. The maximum Gasteiger partial charge on any atom is 0.324 e. The van der Waals surface area contributed by atoms with Gasteiger partial charge in [0.15, 0.2) is 0 Å². The van der Waals surface area contributed by atoms with E-state index in [2.05, 4.69) is 0 Å². The highest BCUT2D eigenvalue weighted by Gasteiger charge is 2.41. The second-order valence-electron chi connectivity index (χ2n) is 6.89. The molecule has 1 aromatic carbocycles. The van der Waals surface area contributed by atoms with Crippen LogP contribution in [0.4, 0.5) is 0 Å². The van der Waals surface area contributed by atoms with Gasteiger partial charge in [-0.1, -0.05) is 13.0 Å². The van der Waals surface area contributed by atoms with Crippen molar-refractivity contribution in [3.8, 4) is 5.75 Å². The largest absolute Gasteiger partial charge is 0.492 e. The van der Waals surface area contributed by atoms with Crippen LogP contribution in [0.5, 0.6) is 5.75 Å². The summed E-state index contributed by atoms with van der Waals surface area (Å²) in [6.07, 6.45) is 2.99. The lowest BCUT2D eigenvalue weighted by Gasteiger charge is -2.23. The van der Waals surface area contributed by atoms with Gasteiger partial charge in [-0.25, -0.2) is 8.42 Å². The summed E-state index contributed by atoms with van der Waals surface area (Å²) >= 11 is 0. The highest BCUT2D eigenvalue weighted by atomic mass is 32.2. The Hall–Kier alpha value is -1.93. The molecule has 1 heterocycles. The average molecular weight is 397 g/mol. The Morgan fingerprint density at radius 1 is 1.41 bits per heavy atom. The molecule has 8 heteroatoms. The number of carbonyl (C=O) groups is 2. The number of sulfonamides is 1. The fraction of sp³-hybridized carbons (Fsp3) is 0.579. The summed E-state index contributed by atoms with van der Waals surface area (Å²) in [7, 11) is -2.64. The van der Waals surface area contributed by atoms with Gasteiger partial charge in [-0.05, 0) is 49.8 Å². The Kier molecular flexibility index (Phi) is 7.38. The first kappa shape index (κ1) is 21.4. The van der Waals surface area contributed by atoms with Gasteiger partial charge in [-0.3, -0.25) is 4.79 Å². The zero-order valence-corrected chi connectivity index (χ0v) is 16.8. The van der Waals surface area contributed by atoms with Crippen LogP contribution in [0.25, 0.3) is 0 Å². The molecule has 150 valence electrons. The van der Waals surface area contributed by atoms with Crippen molar-refractivity contribution >= 4 is 22.3 Å². The predicted molar refractivity (Wildman–Crippen MR) is 100 cm³/mol. The van der Waals surface area contributed by atoms with Crippen molar-refractivity contribution in [3.05, 3.63) is 23.8 Å². The summed E-state index contributed by atoms with van der Waals surface area (Å²) in [6, 6.07) is 4.10. The maximum absolute atomic E-state index is 13.2. The van der Waals surface area contributed by atoms with Crippen molar-refractivity contribution in [3.63, 3.8) is 0 Å². The smallest absolute Gasteiger partial charge is 0.324 e. The Morgan fingerprint density at radius 2 is 2.15 bits per heavy atom. The number of esters is 1. The van der Waals surface area contributed by atoms with E-state index in [1.54, 1.807) is 12.1 Å². The van der Waals surface area contributed by atoms with Crippen molar-refractivity contribution in [1.82, 2.24) is 4.31 Å². The summed E-state index contributed by atoms with van der Waals surface area (Å²) < 4.78 is 38.1. The number of aldehydes is 1. The van der Waals surface area contributed by atoms with Gasteiger partial charge < -0.3 is 14.3 Å². The van der Waals surface area contributed by atoms with E-state index in [1.165, 1.54) is 17.5 Å². The fourth-order valence-electron chi connectivity index (χ4n) is 3.12. The van der Waals surface area contributed by atoms with Gasteiger partial charge >= 0.3 is 5.97 Å². The quantitative estimate of drug-likeness (QED) is 0.469. The highest BCUT2D eigenvalue weighted by Crippen LogP contribution is 2.33. The second kappa shape index (κ2) is 9.32. The third-order valence-electron chi connectivity index (χ3n) is 4.73. The van der Waals surface area contributed by atoms with Crippen LogP contribution in [-0.2, 0) is 24.3 Å². The monoisotopic (exact) mass is 397 g/mol. The number of aryl methyl sites for hydroxylation is 1. The zero-order valence-electron chi connectivity index (χ0n) is 16.0. The van der Waals surface area contributed by atoms with E-state index in [-0.39, 0.29) is 23.1 Å². The van der Waals surface area contributed by atoms with Crippen LogP contribution in [0.1, 0.15) is 38.2 Å². The molecule has 1 fully saturated rings. The first-order valence-corrected chi connectivity index (χ1v) is 10.5. The Labute approximate surface area is 160 Å². The molecule has 27 heavy (non-hydrogen) atoms. The normalized spacial score (nSPS) is 18.9.